The first-order valence-electron chi connectivity index (χ1n) is 8.53. The molecule has 3 aromatic carbocycles. The van der Waals surface area contributed by atoms with Crippen LogP contribution in [0.3, 0.4) is 0 Å². The predicted octanol–water partition coefficient (Wildman–Crippen LogP) is 4.83. The number of anilines is 1. The van der Waals surface area contributed by atoms with Crippen molar-refractivity contribution in [1.29, 1.82) is 0 Å². The van der Waals surface area contributed by atoms with E-state index in [2.05, 4.69) is 10.6 Å². The Balaban J connectivity index is 1.78. The highest BCUT2D eigenvalue weighted by molar-refractivity contribution is 6.35. The quantitative estimate of drug-likeness (QED) is 0.668. The largest absolute Gasteiger partial charge is 0.348 e. The number of hydrogen-bond acceptors (Lipinski definition) is 2. The minimum Gasteiger partial charge on any atom is -0.348 e. The molecule has 27 heavy (non-hydrogen) atoms. The van der Waals surface area contributed by atoms with E-state index in [1.165, 1.54) is 6.07 Å². The Bertz CT molecular complexity index is 957. The number of carbonyl (C=O) groups is 2. The van der Waals surface area contributed by atoms with Crippen LogP contribution in [0.15, 0.2) is 72.8 Å². The fraction of sp³-hybridized carbons (Fsp3) is 0.0909. The van der Waals surface area contributed by atoms with Gasteiger partial charge in [-0.1, -0.05) is 60.1 Å². The summed E-state index contributed by atoms with van der Waals surface area (Å²) < 4.78 is 0. The van der Waals surface area contributed by atoms with Crippen LogP contribution in [-0.4, -0.2) is 11.8 Å². The molecule has 0 radical (unpaired) electrons. The maximum atomic E-state index is 12.6. The molecule has 0 saturated heterocycles. The fourth-order valence-electron chi connectivity index (χ4n) is 2.67. The molecule has 0 saturated carbocycles. The zero-order valence-electron chi connectivity index (χ0n) is 14.8. The van der Waals surface area contributed by atoms with E-state index >= 15 is 0 Å². The summed E-state index contributed by atoms with van der Waals surface area (Å²) in [6.45, 7) is 2.18. The molecule has 136 valence electrons. The van der Waals surface area contributed by atoms with Gasteiger partial charge < -0.3 is 10.6 Å². The van der Waals surface area contributed by atoms with E-state index in [4.69, 9.17) is 11.6 Å². The molecule has 0 aliphatic rings. The molecule has 0 spiro atoms. The van der Waals surface area contributed by atoms with E-state index in [1.54, 1.807) is 25.1 Å². The highest BCUT2D eigenvalue weighted by atomic mass is 35.5. The molecule has 4 nitrogen and oxygen atoms in total. The molecule has 0 aliphatic heterocycles. The molecule has 0 aliphatic carbocycles. The summed E-state index contributed by atoms with van der Waals surface area (Å²) in [4.78, 5) is 25.1. The van der Waals surface area contributed by atoms with Gasteiger partial charge in [0.1, 0.15) is 0 Å². The average molecular weight is 379 g/mol. The lowest BCUT2D eigenvalue weighted by Gasteiger charge is -2.12. The maximum Gasteiger partial charge on any atom is 0.257 e. The maximum absolute atomic E-state index is 12.6. The van der Waals surface area contributed by atoms with Gasteiger partial charge >= 0.3 is 0 Å². The normalized spacial score (nSPS) is 10.3. The Labute approximate surface area is 163 Å². The van der Waals surface area contributed by atoms with Crippen molar-refractivity contribution < 1.29 is 9.59 Å². The van der Waals surface area contributed by atoms with Crippen molar-refractivity contribution in [1.82, 2.24) is 5.32 Å². The van der Waals surface area contributed by atoms with E-state index in [1.807, 2.05) is 48.5 Å². The van der Waals surface area contributed by atoms with Crippen LogP contribution in [0, 0.1) is 6.92 Å². The number of nitrogens with one attached hydrogen (secondary N) is 2. The summed E-state index contributed by atoms with van der Waals surface area (Å²) in [7, 11) is 0. The molecule has 0 atom stereocenters. The Morgan fingerprint density at radius 1 is 0.889 bits per heavy atom. The third-order valence-corrected chi connectivity index (χ3v) is 4.59. The molecule has 0 aromatic heterocycles. The van der Waals surface area contributed by atoms with E-state index < -0.39 is 0 Å². The van der Waals surface area contributed by atoms with Gasteiger partial charge in [0.25, 0.3) is 11.8 Å². The van der Waals surface area contributed by atoms with Crippen molar-refractivity contribution in [3.8, 4) is 0 Å². The Hall–Kier alpha value is -3.11. The first-order valence-corrected chi connectivity index (χ1v) is 8.91. The van der Waals surface area contributed by atoms with Crippen molar-refractivity contribution in [2.24, 2.45) is 0 Å². The van der Waals surface area contributed by atoms with Gasteiger partial charge in [-0.05, 0) is 42.3 Å². The summed E-state index contributed by atoms with van der Waals surface area (Å²) in [6, 6.07) is 21.9. The number of benzene rings is 3. The SMILES string of the molecule is Cc1cc(C(=O)NCc2ccccc2)cc(C(=O)Nc2ccccc2)c1Cl. The Morgan fingerprint density at radius 3 is 2.19 bits per heavy atom. The molecule has 0 fully saturated rings. The molecule has 3 rings (SSSR count). The second-order valence-electron chi connectivity index (χ2n) is 6.14. The Morgan fingerprint density at radius 2 is 1.52 bits per heavy atom. The van der Waals surface area contributed by atoms with Gasteiger partial charge in [0.2, 0.25) is 0 Å². The minimum atomic E-state index is -0.355. The molecule has 5 heteroatoms. The van der Waals surface area contributed by atoms with Crippen LogP contribution in [0.4, 0.5) is 5.69 Å². The van der Waals surface area contributed by atoms with Crippen molar-refractivity contribution in [2.75, 3.05) is 5.32 Å². The number of halogens is 1. The van der Waals surface area contributed by atoms with Gasteiger partial charge in [-0.2, -0.15) is 0 Å². The summed E-state index contributed by atoms with van der Waals surface area (Å²) in [6.07, 6.45) is 0. The first-order chi connectivity index (χ1) is 13.0. The standard InChI is InChI=1S/C22H19ClN2O2/c1-15-12-17(21(26)24-14-16-8-4-2-5-9-16)13-19(20(15)23)22(27)25-18-10-6-3-7-11-18/h2-13H,14H2,1H3,(H,24,26)(H,25,27). The number of amides is 2. The van der Waals surface area contributed by atoms with Crippen molar-refractivity contribution in [3.63, 3.8) is 0 Å². The molecular formula is C22H19ClN2O2. The highest BCUT2D eigenvalue weighted by Gasteiger charge is 2.17. The number of carbonyl (C=O) groups excluding carboxylic acids is 2. The van der Waals surface area contributed by atoms with E-state index in [0.717, 1.165) is 5.56 Å². The second-order valence-corrected chi connectivity index (χ2v) is 6.52. The lowest BCUT2D eigenvalue weighted by molar-refractivity contribution is 0.0951. The van der Waals surface area contributed by atoms with Gasteiger partial charge in [0, 0.05) is 17.8 Å². The predicted molar refractivity (Wildman–Crippen MR) is 108 cm³/mol. The van der Waals surface area contributed by atoms with Gasteiger partial charge in [0.15, 0.2) is 0 Å². The van der Waals surface area contributed by atoms with Gasteiger partial charge in [-0.25, -0.2) is 0 Å². The van der Waals surface area contributed by atoms with Crippen LogP contribution in [0.1, 0.15) is 31.8 Å². The van der Waals surface area contributed by atoms with E-state index in [9.17, 15) is 9.59 Å². The zero-order valence-corrected chi connectivity index (χ0v) is 15.6. The van der Waals surface area contributed by atoms with Crippen LogP contribution in [0.5, 0.6) is 0 Å². The van der Waals surface area contributed by atoms with Crippen LogP contribution in [0.25, 0.3) is 0 Å². The van der Waals surface area contributed by atoms with Gasteiger partial charge in [-0.3, -0.25) is 9.59 Å². The second kappa shape index (κ2) is 8.52. The minimum absolute atomic E-state index is 0.257. The molecule has 2 N–H and O–H groups in total. The van der Waals surface area contributed by atoms with Crippen LogP contribution in [-0.2, 0) is 6.54 Å². The molecule has 3 aromatic rings. The number of para-hydroxylation sites is 1. The summed E-state index contributed by atoms with van der Waals surface area (Å²) in [5, 5.41) is 6.00. The number of hydrogen-bond donors (Lipinski definition) is 2. The van der Waals surface area contributed by atoms with Gasteiger partial charge in [0.05, 0.1) is 10.6 Å². The van der Waals surface area contributed by atoms with Crippen LogP contribution in [0.2, 0.25) is 5.02 Å². The molecule has 0 unspecified atom stereocenters. The smallest absolute Gasteiger partial charge is 0.257 e. The third-order valence-electron chi connectivity index (χ3n) is 4.09. The third kappa shape index (κ3) is 4.74. The average Bonchev–Trinajstić information content (AvgIpc) is 2.69. The Kier molecular flexibility index (Phi) is 5.89. The lowest BCUT2D eigenvalue weighted by Crippen LogP contribution is -2.23. The summed E-state index contributed by atoms with van der Waals surface area (Å²) >= 11 is 6.31. The molecular weight excluding hydrogens is 360 g/mol. The molecule has 0 heterocycles. The van der Waals surface area contributed by atoms with Crippen LogP contribution < -0.4 is 10.6 Å². The number of rotatable bonds is 5. The van der Waals surface area contributed by atoms with Crippen LogP contribution >= 0.6 is 11.6 Å². The topological polar surface area (TPSA) is 58.2 Å². The van der Waals surface area contributed by atoms with Crippen molar-refractivity contribution in [3.05, 3.63) is 100 Å². The molecule has 0 bridgehead atoms. The monoisotopic (exact) mass is 378 g/mol. The highest BCUT2D eigenvalue weighted by Crippen LogP contribution is 2.24. The fourth-order valence-corrected chi connectivity index (χ4v) is 2.86. The van der Waals surface area contributed by atoms with Crippen molar-refractivity contribution >= 4 is 29.1 Å². The lowest BCUT2D eigenvalue weighted by atomic mass is 10.0. The van der Waals surface area contributed by atoms with Gasteiger partial charge in [-0.15, -0.1) is 0 Å². The number of aryl methyl sites for hydroxylation is 1. The van der Waals surface area contributed by atoms with E-state index in [-0.39, 0.29) is 17.4 Å². The van der Waals surface area contributed by atoms with E-state index in [0.29, 0.717) is 28.4 Å². The summed E-state index contributed by atoms with van der Waals surface area (Å²) in [5.74, 6) is -0.612. The van der Waals surface area contributed by atoms with Crippen molar-refractivity contribution in [2.45, 2.75) is 13.5 Å². The zero-order chi connectivity index (χ0) is 19.2. The summed E-state index contributed by atoms with van der Waals surface area (Å²) in [5.41, 5.74) is 2.99. The molecule has 2 amide bonds. The first kappa shape index (κ1) is 18.7.